The summed E-state index contributed by atoms with van der Waals surface area (Å²) in [5.74, 6) is 1.73. The van der Waals surface area contributed by atoms with Crippen molar-refractivity contribution in [2.45, 2.75) is 51.9 Å². The normalized spacial score (nSPS) is 12.3. The molecule has 1 rings (SSSR count). The molecule has 0 aliphatic heterocycles. The highest BCUT2D eigenvalue weighted by Gasteiger charge is 2.11. The molecule has 0 heterocycles. The van der Waals surface area contributed by atoms with E-state index in [-0.39, 0.29) is 0 Å². The van der Waals surface area contributed by atoms with Gasteiger partial charge in [-0.25, -0.2) is 0 Å². The summed E-state index contributed by atoms with van der Waals surface area (Å²) in [6.45, 7) is 3.36. The van der Waals surface area contributed by atoms with Gasteiger partial charge in [-0.15, -0.1) is 0 Å². The summed E-state index contributed by atoms with van der Waals surface area (Å²) in [6.07, 6.45) is 9.23. The van der Waals surface area contributed by atoms with E-state index in [1.807, 2.05) is 13.1 Å². The van der Waals surface area contributed by atoms with E-state index in [2.05, 4.69) is 30.4 Å². The third-order valence-electron chi connectivity index (χ3n) is 3.91. The van der Waals surface area contributed by atoms with Gasteiger partial charge in [0.15, 0.2) is 0 Å². The molecule has 0 spiro atoms. The second-order valence-electron chi connectivity index (χ2n) is 5.64. The first kappa shape index (κ1) is 17.0. The van der Waals surface area contributed by atoms with Crippen molar-refractivity contribution >= 4 is 0 Å². The Morgan fingerprint density at radius 2 is 1.85 bits per heavy atom. The van der Waals surface area contributed by atoms with Crippen LogP contribution < -0.4 is 10.1 Å². The number of ether oxygens (including phenoxy) is 1. The van der Waals surface area contributed by atoms with Gasteiger partial charge in [-0.2, -0.15) is 0 Å². The van der Waals surface area contributed by atoms with Crippen molar-refractivity contribution < 1.29 is 4.74 Å². The van der Waals surface area contributed by atoms with Crippen molar-refractivity contribution in [3.8, 4) is 5.75 Å². The molecule has 1 unspecified atom stereocenters. The van der Waals surface area contributed by atoms with Gasteiger partial charge in [-0.05, 0) is 44.0 Å². The molecular weight excluding hydrogens is 246 g/mol. The number of nitrogens with one attached hydrogen (secondary N) is 1. The molecule has 1 N–H and O–H groups in total. The molecule has 0 radical (unpaired) electrons. The molecule has 114 valence electrons. The van der Waals surface area contributed by atoms with E-state index in [4.69, 9.17) is 4.74 Å². The summed E-state index contributed by atoms with van der Waals surface area (Å²) >= 11 is 0. The largest absolute Gasteiger partial charge is 0.496 e. The van der Waals surface area contributed by atoms with Crippen molar-refractivity contribution in [2.24, 2.45) is 5.92 Å². The molecule has 0 saturated heterocycles. The topological polar surface area (TPSA) is 21.3 Å². The van der Waals surface area contributed by atoms with Crippen LogP contribution in [0.25, 0.3) is 0 Å². The van der Waals surface area contributed by atoms with Crippen LogP contribution in [0.15, 0.2) is 24.3 Å². The van der Waals surface area contributed by atoms with Crippen LogP contribution in [0.4, 0.5) is 0 Å². The lowest BCUT2D eigenvalue weighted by Gasteiger charge is -2.18. The number of benzene rings is 1. The zero-order valence-corrected chi connectivity index (χ0v) is 13.5. The SMILES string of the molecule is CCCCCCCC(CNC)Cc1ccccc1OC. The van der Waals surface area contributed by atoms with E-state index in [9.17, 15) is 0 Å². The van der Waals surface area contributed by atoms with Crippen LogP contribution in [0.5, 0.6) is 5.75 Å². The Morgan fingerprint density at radius 3 is 2.55 bits per heavy atom. The minimum absolute atomic E-state index is 0.706. The minimum Gasteiger partial charge on any atom is -0.496 e. The molecule has 0 aliphatic rings. The Morgan fingerprint density at radius 1 is 1.10 bits per heavy atom. The van der Waals surface area contributed by atoms with E-state index in [1.54, 1.807) is 7.11 Å². The molecule has 20 heavy (non-hydrogen) atoms. The average Bonchev–Trinajstić information content (AvgIpc) is 2.47. The van der Waals surface area contributed by atoms with Crippen LogP contribution in [-0.2, 0) is 6.42 Å². The molecule has 0 bridgehead atoms. The number of hydrogen-bond acceptors (Lipinski definition) is 2. The Kier molecular flexibility index (Phi) is 9.14. The van der Waals surface area contributed by atoms with Gasteiger partial charge >= 0.3 is 0 Å². The van der Waals surface area contributed by atoms with Crippen LogP contribution in [0.3, 0.4) is 0 Å². The maximum atomic E-state index is 5.46. The second kappa shape index (κ2) is 10.7. The van der Waals surface area contributed by atoms with Gasteiger partial charge < -0.3 is 10.1 Å². The Balaban J connectivity index is 2.45. The first-order valence-corrected chi connectivity index (χ1v) is 8.08. The molecule has 0 fully saturated rings. The Bertz CT molecular complexity index is 351. The predicted octanol–water partition coefficient (Wildman–Crippen LogP) is 4.43. The molecule has 2 heteroatoms. The van der Waals surface area contributed by atoms with E-state index in [0.717, 1.165) is 18.7 Å². The standard InChI is InChI=1S/C18H31NO/c1-4-5-6-7-8-11-16(15-19-2)14-17-12-9-10-13-18(17)20-3/h9-10,12-13,16,19H,4-8,11,14-15H2,1-3H3. The number of para-hydroxylation sites is 1. The van der Waals surface area contributed by atoms with Crippen LogP contribution >= 0.6 is 0 Å². The van der Waals surface area contributed by atoms with Crippen molar-refractivity contribution in [3.63, 3.8) is 0 Å². The number of hydrogen-bond donors (Lipinski definition) is 1. The van der Waals surface area contributed by atoms with Crippen molar-refractivity contribution in [1.82, 2.24) is 5.32 Å². The van der Waals surface area contributed by atoms with Crippen LogP contribution in [-0.4, -0.2) is 20.7 Å². The molecule has 1 aromatic carbocycles. The minimum atomic E-state index is 0.706. The first-order chi connectivity index (χ1) is 9.81. The lowest BCUT2D eigenvalue weighted by molar-refractivity contribution is 0.393. The smallest absolute Gasteiger partial charge is 0.122 e. The summed E-state index contributed by atoms with van der Waals surface area (Å²) in [7, 11) is 3.81. The third kappa shape index (κ3) is 6.42. The number of unbranched alkanes of at least 4 members (excludes halogenated alkanes) is 4. The number of methoxy groups -OCH3 is 1. The molecule has 0 aliphatic carbocycles. The fraction of sp³-hybridized carbons (Fsp3) is 0.667. The molecule has 1 aromatic rings. The van der Waals surface area contributed by atoms with Crippen LogP contribution in [0.2, 0.25) is 0 Å². The highest BCUT2D eigenvalue weighted by molar-refractivity contribution is 5.33. The highest BCUT2D eigenvalue weighted by Crippen LogP contribution is 2.23. The lowest BCUT2D eigenvalue weighted by atomic mass is 9.93. The zero-order valence-electron chi connectivity index (χ0n) is 13.5. The van der Waals surface area contributed by atoms with Gasteiger partial charge in [0, 0.05) is 0 Å². The third-order valence-corrected chi connectivity index (χ3v) is 3.91. The Labute approximate surface area is 124 Å². The molecular formula is C18H31NO. The van der Waals surface area contributed by atoms with Gasteiger partial charge in [-0.3, -0.25) is 0 Å². The van der Waals surface area contributed by atoms with Crippen molar-refractivity contribution in [3.05, 3.63) is 29.8 Å². The van der Waals surface area contributed by atoms with E-state index in [0.29, 0.717) is 5.92 Å². The number of rotatable bonds is 11. The fourth-order valence-electron chi connectivity index (χ4n) is 2.78. The summed E-state index contributed by atoms with van der Waals surface area (Å²) in [5, 5.41) is 3.34. The summed E-state index contributed by atoms with van der Waals surface area (Å²) in [5.41, 5.74) is 1.34. The van der Waals surface area contributed by atoms with Gasteiger partial charge in [-0.1, -0.05) is 57.2 Å². The maximum absolute atomic E-state index is 5.46. The fourth-order valence-corrected chi connectivity index (χ4v) is 2.78. The Hall–Kier alpha value is -1.02. The quantitative estimate of drug-likeness (QED) is 0.604. The van der Waals surface area contributed by atoms with Gasteiger partial charge in [0.1, 0.15) is 5.75 Å². The zero-order chi connectivity index (χ0) is 14.6. The van der Waals surface area contributed by atoms with Crippen LogP contribution in [0.1, 0.15) is 51.0 Å². The highest BCUT2D eigenvalue weighted by atomic mass is 16.5. The van der Waals surface area contributed by atoms with Crippen molar-refractivity contribution in [1.29, 1.82) is 0 Å². The molecule has 0 saturated carbocycles. The summed E-state index contributed by atoms with van der Waals surface area (Å²) < 4.78 is 5.46. The van der Waals surface area contributed by atoms with E-state index >= 15 is 0 Å². The predicted molar refractivity (Wildman–Crippen MR) is 87.5 cm³/mol. The first-order valence-electron chi connectivity index (χ1n) is 8.08. The summed E-state index contributed by atoms with van der Waals surface area (Å²) in [4.78, 5) is 0. The molecule has 0 aromatic heterocycles. The monoisotopic (exact) mass is 277 g/mol. The van der Waals surface area contributed by atoms with Gasteiger partial charge in [0.05, 0.1) is 7.11 Å². The van der Waals surface area contributed by atoms with Crippen molar-refractivity contribution in [2.75, 3.05) is 20.7 Å². The average molecular weight is 277 g/mol. The molecule has 2 nitrogen and oxygen atoms in total. The van der Waals surface area contributed by atoms with Gasteiger partial charge in [0.25, 0.3) is 0 Å². The van der Waals surface area contributed by atoms with E-state index < -0.39 is 0 Å². The maximum Gasteiger partial charge on any atom is 0.122 e. The van der Waals surface area contributed by atoms with Gasteiger partial charge in [0.2, 0.25) is 0 Å². The summed E-state index contributed by atoms with van der Waals surface area (Å²) in [6, 6.07) is 8.40. The van der Waals surface area contributed by atoms with Crippen LogP contribution in [0, 0.1) is 5.92 Å². The van der Waals surface area contributed by atoms with E-state index in [1.165, 1.54) is 44.1 Å². The second-order valence-corrected chi connectivity index (χ2v) is 5.64. The molecule has 1 atom stereocenters. The lowest BCUT2D eigenvalue weighted by Crippen LogP contribution is -2.21. The molecule has 0 amide bonds.